The Labute approximate surface area is 133 Å². The van der Waals surface area contributed by atoms with Gasteiger partial charge in [-0.2, -0.15) is 0 Å². The summed E-state index contributed by atoms with van der Waals surface area (Å²) in [6.45, 7) is 4.11. The first-order chi connectivity index (χ1) is 10.6. The molecule has 2 aliphatic rings. The SMILES string of the molecule is CCCN(C)C1(c2ccccc2)CCC2(CC1)CNC(=O)N2. The Balaban J connectivity index is 1.85. The number of hydrogen-bond acceptors (Lipinski definition) is 2. The van der Waals surface area contributed by atoms with Crippen LogP contribution in [0.2, 0.25) is 0 Å². The molecule has 1 aliphatic heterocycles. The van der Waals surface area contributed by atoms with E-state index in [9.17, 15) is 4.79 Å². The van der Waals surface area contributed by atoms with E-state index in [1.807, 2.05) is 0 Å². The molecule has 3 rings (SSSR count). The predicted octanol–water partition coefficient (Wildman–Crippen LogP) is 2.85. The molecule has 0 atom stereocenters. The van der Waals surface area contributed by atoms with Crippen molar-refractivity contribution in [3.63, 3.8) is 0 Å². The second kappa shape index (κ2) is 5.92. The lowest BCUT2D eigenvalue weighted by Gasteiger charge is -2.49. The highest BCUT2D eigenvalue weighted by atomic mass is 16.2. The molecule has 1 heterocycles. The van der Waals surface area contributed by atoms with Gasteiger partial charge in [0.25, 0.3) is 0 Å². The van der Waals surface area contributed by atoms with Crippen molar-refractivity contribution in [3.05, 3.63) is 35.9 Å². The van der Waals surface area contributed by atoms with E-state index < -0.39 is 0 Å². The predicted molar refractivity (Wildman–Crippen MR) is 88.8 cm³/mol. The van der Waals surface area contributed by atoms with Gasteiger partial charge in [-0.3, -0.25) is 4.90 Å². The largest absolute Gasteiger partial charge is 0.336 e. The van der Waals surface area contributed by atoms with Crippen LogP contribution in [0, 0.1) is 0 Å². The van der Waals surface area contributed by atoms with Crippen molar-refractivity contribution in [2.45, 2.75) is 50.1 Å². The van der Waals surface area contributed by atoms with E-state index in [1.54, 1.807) is 0 Å². The number of nitrogens with one attached hydrogen (secondary N) is 2. The topological polar surface area (TPSA) is 44.4 Å². The summed E-state index contributed by atoms with van der Waals surface area (Å²) in [5.41, 5.74) is 1.50. The zero-order valence-corrected chi connectivity index (χ0v) is 13.7. The van der Waals surface area contributed by atoms with Crippen molar-refractivity contribution in [2.24, 2.45) is 0 Å². The number of nitrogens with zero attached hydrogens (tertiary/aromatic N) is 1. The fourth-order valence-electron chi connectivity index (χ4n) is 4.21. The maximum atomic E-state index is 11.6. The van der Waals surface area contributed by atoms with Gasteiger partial charge < -0.3 is 10.6 Å². The summed E-state index contributed by atoms with van der Waals surface area (Å²) in [6, 6.07) is 10.9. The molecule has 1 aromatic rings. The highest BCUT2D eigenvalue weighted by Gasteiger charge is 2.48. The Morgan fingerprint density at radius 2 is 1.82 bits per heavy atom. The van der Waals surface area contributed by atoms with Crippen LogP contribution in [0.5, 0.6) is 0 Å². The van der Waals surface area contributed by atoms with E-state index in [-0.39, 0.29) is 17.1 Å². The molecule has 1 aromatic carbocycles. The smallest absolute Gasteiger partial charge is 0.315 e. The van der Waals surface area contributed by atoms with Gasteiger partial charge in [0.15, 0.2) is 0 Å². The summed E-state index contributed by atoms with van der Waals surface area (Å²) in [5, 5.41) is 6.10. The van der Waals surface area contributed by atoms with Crippen molar-refractivity contribution >= 4 is 6.03 Å². The van der Waals surface area contributed by atoms with Gasteiger partial charge in [0, 0.05) is 12.1 Å². The molecule has 4 heteroatoms. The Morgan fingerprint density at radius 3 is 2.36 bits per heavy atom. The average molecular weight is 301 g/mol. The monoisotopic (exact) mass is 301 g/mol. The van der Waals surface area contributed by atoms with Crippen LogP contribution in [-0.4, -0.2) is 36.6 Å². The molecule has 1 aliphatic carbocycles. The van der Waals surface area contributed by atoms with Gasteiger partial charge >= 0.3 is 6.03 Å². The second-order valence-corrected chi connectivity index (χ2v) is 6.91. The van der Waals surface area contributed by atoms with Crippen molar-refractivity contribution in [1.29, 1.82) is 0 Å². The fraction of sp³-hybridized carbons (Fsp3) is 0.611. The van der Waals surface area contributed by atoms with E-state index in [2.05, 4.69) is 59.8 Å². The van der Waals surface area contributed by atoms with Gasteiger partial charge in [-0.1, -0.05) is 37.3 Å². The molecular formula is C18H27N3O. The Kier molecular flexibility index (Phi) is 4.13. The van der Waals surface area contributed by atoms with Crippen LogP contribution in [0.25, 0.3) is 0 Å². The minimum Gasteiger partial charge on any atom is -0.336 e. The third kappa shape index (κ3) is 2.60. The lowest BCUT2D eigenvalue weighted by Crippen LogP contribution is -2.54. The summed E-state index contributed by atoms with van der Waals surface area (Å²) in [7, 11) is 2.25. The van der Waals surface area contributed by atoms with Crippen LogP contribution in [0.1, 0.15) is 44.6 Å². The van der Waals surface area contributed by atoms with Gasteiger partial charge in [-0.15, -0.1) is 0 Å². The molecule has 0 bridgehead atoms. The molecule has 120 valence electrons. The Hall–Kier alpha value is -1.55. The zero-order valence-electron chi connectivity index (χ0n) is 13.7. The lowest BCUT2D eigenvalue weighted by molar-refractivity contribution is 0.0450. The maximum Gasteiger partial charge on any atom is 0.315 e. The number of benzene rings is 1. The molecule has 1 spiro atoms. The standard InChI is InChI=1S/C18H27N3O/c1-3-13-21(2)18(15-7-5-4-6-8-15)11-9-17(10-12-18)14-19-16(22)20-17/h4-8H,3,9-14H2,1-2H3,(H2,19,20,22). The van der Waals surface area contributed by atoms with Crippen molar-refractivity contribution in [1.82, 2.24) is 15.5 Å². The number of amides is 2. The molecule has 22 heavy (non-hydrogen) atoms. The van der Waals surface area contributed by atoms with Crippen LogP contribution in [0.4, 0.5) is 4.79 Å². The highest BCUT2D eigenvalue weighted by Crippen LogP contribution is 2.45. The van der Waals surface area contributed by atoms with Crippen molar-refractivity contribution in [2.75, 3.05) is 20.1 Å². The van der Waals surface area contributed by atoms with Gasteiger partial charge in [0.2, 0.25) is 0 Å². The van der Waals surface area contributed by atoms with Crippen LogP contribution in [0.15, 0.2) is 30.3 Å². The molecule has 2 N–H and O–H groups in total. The summed E-state index contributed by atoms with van der Waals surface area (Å²) in [4.78, 5) is 14.1. The Morgan fingerprint density at radius 1 is 1.14 bits per heavy atom. The third-order valence-electron chi connectivity index (χ3n) is 5.60. The molecule has 2 amide bonds. The second-order valence-electron chi connectivity index (χ2n) is 6.91. The van der Waals surface area contributed by atoms with E-state index in [0.29, 0.717) is 0 Å². The first kappa shape index (κ1) is 15.3. The molecule has 1 saturated heterocycles. The summed E-state index contributed by atoms with van der Waals surface area (Å²) >= 11 is 0. The van der Waals surface area contributed by atoms with Gasteiger partial charge in [-0.25, -0.2) is 4.79 Å². The molecule has 0 unspecified atom stereocenters. The highest BCUT2D eigenvalue weighted by molar-refractivity contribution is 5.77. The quantitative estimate of drug-likeness (QED) is 0.898. The maximum absolute atomic E-state index is 11.6. The van der Waals surface area contributed by atoms with Crippen LogP contribution in [0.3, 0.4) is 0 Å². The number of carbonyl (C=O) groups excluding carboxylic acids is 1. The summed E-state index contributed by atoms with van der Waals surface area (Å²) < 4.78 is 0. The van der Waals surface area contributed by atoms with Gasteiger partial charge in [0.1, 0.15) is 0 Å². The number of hydrogen-bond donors (Lipinski definition) is 2. The number of urea groups is 1. The third-order valence-corrected chi connectivity index (χ3v) is 5.60. The van der Waals surface area contributed by atoms with Gasteiger partial charge in [-0.05, 0) is 51.3 Å². The molecular weight excluding hydrogens is 274 g/mol. The molecule has 1 saturated carbocycles. The lowest BCUT2D eigenvalue weighted by atomic mass is 9.68. The van der Waals surface area contributed by atoms with E-state index >= 15 is 0 Å². The van der Waals surface area contributed by atoms with Crippen LogP contribution < -0.4 is 10.6 Å². The molecule has 2 fully saturated rings. The molecule has 4 nitrogen and oxygen atoms in total. The molecule has 0 aromatic heterocycles. The van der Waals surface area contributed by atoms with Crippen LogP contribution >= 0.6 is 0 Å². The zero-order chi connectivity index (χ0) is 15.6. The van der Waals surface area contributed by atoms with E-state index in [4.69, 9.17) is 0 Å². The van der Waals surface area contributed by atoms with E-state index in [0.717, 1.165) is 45.2 Å². The summed E-state index contributed by atoms with van der Waals surface area (Å²) in [5.74, 6) is 0. The average Bonchev–Trinajstić information content (AvgIpc) is 2.90. The van der Waals surface area contributed by atoms with Gasteiger partial charge in [0.05, 0.1) is 5.54 Å². The minimum absolute atomic E-state index is 0.00544. The number of carbonyl (C=O) groups is 1. The van der Waals surface area contributed by atoms with Crippen LogP contribution in [-0.2, 0) is 5.54 Å². The number of rotatable bonds is 4. The van der Waals surface area contributed by atoms with Crippen molar-refractivity contribution < 1.29 is 4.79 Å². The molecule has 0 radical (unpaired) electrons. The normalized spacial score (nSPS) is 31.3. The van der Waals surface area contributed by atoms with Crippen molar-refractivity contribution in [3.8, 4) is 0 Å². The summed E-state index contributed by atoms with van der Waals surface area (Å²) in [6.07, 6.45) is 5.42. The first-order valence-corrected chi connectivity index (χ1v) is 8.43. The van der Waals surface area contributed by atoms with E-state index in [1.165, 1.54) is 5.56 Å². The fourth-order valence-corrected chi connectivity index (χ4v) is 4.21. The minimum atomic E-state index is -0.0254. The Bertz CT molecular complexity index is 520. The first-order valence-electron chi connectivity index (χ1n) is 8.43.